The molecule has 1 aromatic carbocycles. The first kappa shape index (κ1) is 12.4. The second kappa shape index (κ2) is 5.06. The summed E-state index contributed by atoms with van der Waals surface area (Å²) in [4.78, 5) is 4.44. The number of para-hydroxylation sites is 1. The molecule has 1 aromatic rings. The number of anilines is 1. The molecule has 0 radical (unpaired) electrons. The van der Waals surface area contributed by atoms with Gasteiger partial charge in [0.15, 0.2) is 5.17 Å². The number of amidine groups is 1. The van der Waals surface area contributed by atoms with Crippen molar-refractivity contribution in [3.63, 3.8) is 0 Å². The number of aliphatic hydroxyl groups excluding tert-OH is 1. The van der Waals surface area contributed by atoms with Crippen molar-refractivity contribution in [3.05, 3.63) is 30.1 Å². The van der Waals surface area contributed by atoms with Gasteiger partial charge in [-0.25, -0.2) is 4.39 Å². The van der Waals surface area contributed by atoms with Crippen molar-refractivity contribution in [2.75, 3.05) is 17.7 Å². The van der Waals surface area contributed by atoms with Gasteiger partial charge in [0.05, 0.1) is 17.8 Å². The number of halogens is 1. The first-order chi connectivity index (χ1) is 8.19. The normalized spacial score (nSPS) is 23.6. The number of benzene rings is 1. The summed E-state index contributed by atoms with van der Waals surface area (Å²) in [5.74, 6) is 0.436. The maximum absolute atomic E-state index is 13.4. The third-order valence-electron chi connectivity index (χ3n) is 2.88. The van der Waals surface area contributed by atoms with Crippen molar-refractivity contribution >= 4 is 22.6 Å². The predicted octanol–water partition coefficient (Wildman–Crippen LogP) is 2.48. The van der Waals surface area contributed by atoms with Crippen molar-refractivity contribution < 1.29 is 9.50 Å². The average Bonchev–Trinajstić information content (AvgIpc) is 2.76. The van der Waals surface area contributed by atoms with E-state index in [-0.39, 0.29) is 12.4 Å². The zero-order chi connectivity index (χ0) is 12.3. The van der Waals surface area contributed by atoms with Gasteiger partial charge in [0.25, 0.3) is 0 Å². The molecule has 0 aliphatic carbocycles. The molecule has 2 N–H and O–H groups in total. The highest BCUT2D eigenvalue weighted by atomic mass is 32.2. The highest BCUT2D eigenvalue weighted by molar-refractivity contribution is 8.14. The van der Waals surface area contributed by atoms with E-state index in [1.54, 1.807) is 18.2 Å². The van der Waals surface area contributed by atoms with Gasteiger partial charge < -0.3 is 10.4 Å². The lowest BCUT2D eigenvalue weighted by Crippen LogP contribution is -2.30. The molecule has 17 heavy (non-hydrogen) atoms. The molecule has 0 saturated heterocycles. The summed E-state index contributed by atoms with van der Waals surface area (Å²) < 4.78 is 13.4. The summed E-state index contributed by atoms with van der Waals surface area (Å²) in [6.07, 6.45) is 0.777. The van der Waals surface area contributed by atoms with Gasteiger partial charge in [0.2, 0.25) is 0 Å². The van der Waals surface area contributed by atoms with Crippen molar-refractivity contribution in [1.29, 1.82) is 0 Å². The second-order valence-corrected chi connectivity index (χ2v) is 5.01. The number of nitrogens with zero attached hydrogens (tertiary/aromatic N) is 1. The van der Waals surface area contributed by atoms with Gasteiger partial charge in [-0.3, -0.25) is 4.99 Å². The molecule has 1 heterocycles. The molecular weight excluding hydrogens is 239 g/mol. The molecule has 0 saturated carbocycles. The molecule has 1 aliphatic heterocycles. The molecule has 3 nitrogen and oxygen atoms in total. The summed E-state index contributed by atoms with van der Waals surface area (Å²) >= 11 is 1.51. The van der Waals surface area contributed by atoms with Gasteiger partial charge in [0.1, 0.15) is 5.82 Å². The summed E-state index contributed by atoms with van der Waals surface area (Å²) in [6.45, 7) is 2.02. The van der Waals surface area contributed by atoms with Crippen LogP contribution in [0.1, 0.15) is 13.3 Å². The van der Waals surface area contributed by atoms with Crippen LogP contribution >= 0.6 is 11.8 Å². The number of nitrogens with one attached hydrogen (secondary N) is 1. The first-order valence-electron chi connectivity index (χ1n) is 5.54. The van der Waals surface area contributed by atoms with Crippen LogP contribution in [0.3, 0.4) is 0 Å². The van der Waals surface area contributed by atoms with Crippen LogP contribution in [0.5, 0.6) is 0 Å². The molecule has 0 aromatic heterocycles. The molecule has 1 aliphatic rings. The number of hydrogen-bond acceptors (Lipinski definition) is 4. The molecular formula is C12H15FN2OS. The Balaban J connectivity index is 2.14. The second-order valence-electron chi connectivity index (χ2n) is 4.05. The number of aliphatic hydroxyl groups is 1. The lowest BCUT2D eigenvalue weighted by Gasteiger charge is -2.19. The number of hydrogen-bond donors (Lipinski definition) is 2. The Morgan fingerprint density at radius 2 is 2.29 bits per heavy atom. The Hall–Kier alpha value is -1.07. The fourth-order valence-corrected chi connectivity index (χ4v) is 2.80. The quantitative estimate of drug-likeness (QED) is 0.871. The Kier molecular flexibility index (Phi) is 3.69. The molecule has 5 heteroatoms. The Labute approximate surface area is 104 Å². The van der Waals surface area contributed by atoms with E-state index in [2.05, 4.69) is 10.3 Å². The molecule has 1 atom stereocenters. The third kappa shape index (κ3) is 2.61. The van der Waals surface area contributed by atoms with Gasteiger partial charge >= 0.3 is 0 Å². The predicted molar refractivity (Wildman–Crippen MR) is 70.0 cm³/mol. The molecule has 0 spiro atoms. The molecule has 0 amide bonds. The zero-order valence-electron chi connectivity index (χ0n) is 9.61. The van der Waals surface area contributed by atoms with Crippen LogP contribution < -0.4 is 5.32 Å². The van der Waals surface area contributed by atoms with Gasteiger partial charge in [0, 0.05) is 5.75 Å². The standard InChI is InChI=1S/C12H15FN2OS/c1-2-12(7-16)8-17-11(15-12)14-10-6-4-3-5-9(10)13/h3-6,16H,2,7-8H2,1H3,(H,14,15). The Morgan fingerprint density at radius 1 is 1.53 bits per heavy atom. The Bertz CT molecular complexity index is 432. The lowest BCUT2D eigenvalue weighted by molar-refractivity contribution is 0.211. The number of thioether (sulfide) groups is 1. The zero-order valence-corrected chi connectivity index (χ0v) is 10.4. The van der Waals surface area contributed by atoms with Crippen LogP contribution in [-0.4, -0.2) is 28.2 Å². The topological polar surface area (TPSA) is 44.6 Å². The van der Waals surface area contributed by atoms with Crippen molar-refractivity contribution in [2.24, 2.45) is 4.99 Å². The maximum Gasteiger partial charge on any atom is 0.161 e. The summed E-state index contributed by atoms with van der Waals surface area (Å²) in [5.41, 5.74) is 0.0155. The minimum atomic E-state index is -0.405. The third-order valence-corrected chi connectivity index (χ3v) is 4.03. The molecule has 2 rings (SSSR count). The largest absolute Gasteiger partial charge is 0.394 e. The maximum atomic E-state index is 13.4. The SMILES string of the molecule is CCC1(CO)CSC(Nc2ccccc2F)=N1. The molecule has 92 valence electrons. The van der Waals surface area contributed by atoms with E-state index in [0.717, 1.165) is 12.2 Å². The van der Waals surface area contributed by atoms with Gasteiger partial charge in [-0.2, -0.15) is 0 Å². The minimum absolute atomic E-state index is 0.0267. The van der Waals surface area contributed by atoms with Gasteiger partial charge in [-0.1, -0.05) is 30.8 Å². The smallest absolute Gasteiger partial charge is 0.161 e. The summed E-state index contributed by atoms with van der Waals surface area (Å²) in [5, 5.41) is 13.0. The number of aliphatic imine (C=N–C) groups is 1. The van der Waals surface area contributed by atoms with E-state index in [1.807, 2.05) is 6.92 Å². The lowest BCUT2D eigenvalue weighted by atomic mass is 10.0. The van der Waals surface area contributed by atoms with Crippen molar-refractivity contribution in [2.45, 2.75) is 18.9 Å². The minimum Gasteiger partial charge on any atom is -0.394 e. The van der Waals surface area contributed by atoms with Crippen LogP contribution in [0.15, 0.2) is 29.3 Å². The average molecular weight is 254 g/mol. The van der Waals surface area contributed by atoms with Gasteiger partial charge in [-0.15, -0.1) is 0 Å². The van der Waals surface area contributed by atoms with E-state index < -0.39 is 5.54 Å². The Morgan fingerprint density at radius 3 is 2.88 bits per heavy atom. The molecule has 1 unspecified atom stereocenters. The van der Waals surface area contributed by atoms with E-state index in [4.69, 9.17) is 0 Å². The van der Waals surface area contributed by atoms with Gasteiger partial charge in [-0.05, 0) is 18.6 Å². The molecule has 0 bridgehead atoms. The van der Waals surface area contributed by atoms with Crippen LogP contribution in [0, 0.1) is 5.82 Å². The van der Waals surface area contributed by atoms with Crippen molar-refractivity contribution in [1.82, 2.24) is 0 Å². The van der Waals surface area contributed by atoms with E-state index in [9.17, 15) is 9.50 Å². The highest BCUT2D eigenvalue weighted by Crippen LogP contribution is 2.31. The van der Waals surface area contributed by atoms with Crippen LogP contribution in [0.25, 0.3) is 0 Å². The fraction of sp³-hybridized carbons (Fsp3) is 0.417. The van der Waals surface area contributed by atoms with Crippen LogP contribution in [-0.2, 0) is 0 Å². The van der Waals surface area contributed by atoms with E-state index in [1.165, 1.54) is 17.8 Å². The summed E-state index contributed by atoms with van der Waals surface area (Å²) in [6, 6.07) is 6.49. The van der Waals surface area contributed by atoms with E-state index in [0.29, 0.717) is 10.9 Å². The van der Waals surface area contributed by atoms with E-state index >= 15 is 0 Å². The highest BCUT2D eigenvalue weighted by Gasteiger charge is 2.33. The molecule has 0 fully saturated rings. The number of rotatable bonds is 3. The first-order valence-corrected chi connectivity index (χ1v) is 6.53. The fourth-order valence-electron chi connectivity index (χ4n) is 1.60. The van der Waals surface area contributed by atoms with Crippen molar-refractivity contribution in [3.8, 4) is 0 Å². The monoisotopic (exact) mass is 254 g/mol. The van der Waals surface area contributed by atoms with Crippen LogP contribution in [0.4, 0.5) is 10.1 Å². The summed E-state index contributed by atoms with van der Waals surface area (Å²) in [7, 11) is 0. The van der Waals surface area contributed by atoms with Crippen LogP contribution in [0.2, 0.25) is 0 Å².